The third-order valence-corrected chi connectivity index (χ3v) is 4.51. The Morgan fingerprint density at radius 3 is 2.43 bits per heavy atom. The first-order chi connectivity index (χ1) is 13.1. The highest BCUT2D eigenvalue weighted by Gasteiger charge is 2.42. The van der Waals surface area contributed by atoms with Gasteiger partial charge in [-0.3, -0.25) is 14.9 Å². The number of aliphatic hydroxyl groups excluding tert-OH is 1. The van der Waals surface area contributed by atoms with Gasteiger partial charge in [-0.1, -0.05) is 26.0 Å². The van der Waals surface area contributed by atoms with Gasteiger partial charge in [0.15, 0.2) is 5.78 Å². The van der Waals surface area contributed by atoms with Crippen LogP contribution in [-0.2, 0) is 9.53 Å². The molecule has 0 bridgehead atoms. The Labute approximate surface area is 163 Å². The van der Waals surface area contributed by atoms with E-state index in [1.54, 1.807) is 19.1 Å². The van der Waals surface area contributed by atoms with E-state index in [9.17, 15) is 20.2 Å². The summed E-state index contributed by atoms with van der Waals surface area (Å²) in [6.45, 7) is 5.87. The highest BCUT2D eigenvalue weighted by Crippen LogP contribution is 2.47. The molecule has 1 atom stereocenters. The van der Waals surface area contributed by atoms with E-state index in [4.69, 9.17) is 15.6 Å². The van der Waals surface area contributed by atoms with Crippen LogP contribution < -0.4 is 5.73 Å². The summed E-state index contributed by atoms with van der Waals surface area (Å²) in [7, 11) is 0. The molecule has 2 aliphatic rings. The number of Topliss-reactive ketones (excluding diaryl/α,β-unsaturated/α-hetero) is 1. The molecule has 148 valence electrons. The standard InChI is InChI=1S/C18H17N3O4.C2H6O/c1-18(2)7-13(22)16-14(8-18)25-17(20)12(9-19)15(16)10-3-5-11(6-4-10)21(23)24;1-2-3/h3-6,15H,7-8,20H2,1-2H3;3H,2H2,1H3. The highest BCUT2D eigenvalue weighted by atomic mass is 16.6. The number of aliphatic hydroxyl groups is 1. The molecule has 8 heteroatoms. The van der Waals surface area contributed by atoms with Crippen molar-refractivity contribution in [3.63, 3.8) is 0 Å². The number of nitro groups is 1. The number of nitriles is 1. The summed E-state index contributed by atoms with van der Waals surface area (Å²) in [5.41, 5.74) is 6.80. The van der Waals surface area contributed by atoms with Crippen LogP contribution in [0.1, 0.15) is 45.1 Å². The summed E-state index contributed by atoms with van der Waals surface area (Å²) in [6, 6.07) is 7.84. The van der Waals surface area contributed by atoms with Crippen LogP contribution in [0.5, 0.6) is 0 Å². The Bertz CT molecular complexity index is 891. The summed E-state index contributed by atoms with van der Waals surface area (Å²) in [6.07, 6.45) is 0.883. The summed E-state index contributed by atoms with van der Waals surface area (Å²) in [5.74, 6) is -0.274. The fourth-order valence-electron chi connectivity index (χ4n) is 3.41. The SMILES string of the molecule is CC1(C)CC(=O)C2=C(C1)OC(N)=C(C#N)C2c1ccc([N+](=O)[O-])cc1.CCO. The maximum Gasteiger partial charge on any atom is 0.269 e. The van der Waals surface area contributed by atoms with Crippen LogP contribution in [-0.4, -0.2) is 22.4 Å². The molecular weight excluding hydrogens is 362 g/mol. The summed E-state index contributed by atoms with van der Waals surface area (Å²) < 4.78 is 5.60. The van der Waals surface area contributed by atoms with E-state index in [0.29, 0.717) is 29.7 Å². The number of carbonyl (C=O) groups excluding carboxylic acids is 1. The third kappa shape index (κ3) is 4.21. The molecule has 3 N–H and O–H groups in total. The van der Waals surface area contributed by atoms with Crippen molar-refractivity contribution in [3.8, 4) is 6.07 Å². The average Bonchev–Trinajstić information content (AvgIpc) is 2.60. The highest BCUT2D eigenvalue weighted by molar-refractivity contribution is 6.00. The maximum absolute atomic E-state index is 12.8. The molecule has 8 nitrogen and oxygen atoms in total. The number of benzene rings is 1. The van der Waals surface area contributed by atoms with E-state index in [0.717, 1.165) is 0 Å². The second-order valence-electron chi connectivity index (χ2n) is 7.37. The van der Waals surface area contributed by atoms with Gasteiger partial charge in [-0.2, -0.15) is 5.26 Å². The molecule has 1 aromatic rings. The van der Waals surface area contributed by atoms with E-state index in [2.05, 4.69) is 0 Å². The minimum Gasteiger partial charge on any atom is -0.444 e. The second kappa shape index (κ2) is 8.23. The summed E-state index contributed by atoms with van der Waals surface area (Å²) in [5, 5.41) is 27.9. The number of nitro benzene ring substituents is 1. The van der Waals surface area contributed by atoms with Gasteiger partial charge in [-0.05, 0) is 17.9 Å². The molecule has 0 amide bonds. The Kier molecular flexibility index (Phi) is 6.21. The molecule has 0 spiro atoms. The van der Waals surface area contributed by atoms with Gasteiger partial charge in [0.05, 0.1) is 10.8 Å². The van der Waals surface area contributed by atoms with E-state index >= 15 is 0 Å². The number of allylic oxidation sites excluding steroid dienone is 3. The Hall–Kier alpha value is -3.18. The largest absolute Gasteiger partial charge is 0.444 e. The molecule has 0 saturated carbocycles. The van der Waals surface area contributed by atoms with Gasteiger partial charge < -0.3 is 15.6 Å². The molecule has 3 rings (SSSR count). The van der Waals surface area contributed by atoms with Gasteiger partial charge in [-0.25, -0.2) is 0 Å². The normalized spacial score (nSPS) is 20.4. The third-order valence-electron chi connectivity index (χ3n) is 4.51. The van der Waals surface area contributed by atoms with Crippen molar-refractivity contribution in [2.75, 3.05) is 6.61 Å². The van der Waals surface area contributed by atoms with Crippen molar-refractivity contribution in [1.29, 1.82) is 5.26 Å². The molecule has 1 aliphatic carbocycles. The van der Waals surface area contributed by atoms with Crippen LogP contribution in [0.25, 0.3) is 0 Å². The van der Waals surface area contributed by atoms with Gasteiger partial charge >= 0.3 is 0 Å². The molecular formula is C20H23N3O5. The molecule has 0 fully saturated rings. The predicted octanol–water partition coefficient (Wildman–Crippen LogP) is 3.04. The number of carbonyl (C=O) groups is 1. The van der Waals surface area contributed by atoms with E-state index < -0.39 is 10.8 Å². The predicted molar refractivity (Wildman–Crippen MR) is 102 cm³/mol. The lowest BCUT2D eigenvalue weighted by molar-refractivity contribution is -0.384. The number of nitrogens with two attached hydrogens (primary N) is 1. The monoisotopic (exact) mass is 385 g/mol. The van der Waals surface area contributed by atoms with E-state index in [1.807, 2.05) is 19.9 Å². The first kappa shape index (κ1) is 21.1. The van der Waals surface area contributed by atoms with Crippen LogP contribution >= 0.6 is 0 Å². The number of nitrogens with zero attached hydrogens (tertiary/aromatic N) is 2. The Balaban J connectivity index is 0.000000878. The van der Waals surface area contributed by atoms with Gasteiger partial charge in [0, 0.05) is 37.2 Å². The van der Waals surface area contributed by atoms with Gasteiger partial charge in [0.2, 0.25) is 5.88 Å². The molecule has 28 heavy (non-hydrogen) atoms. The number of rotatable bonds is 2. The van der Waals surface area contributed by atoms with E-state index in [1.165, 1.54) is 12.1 Å². The zero-order chi connectivity index (χ0) is 21.1. The van der Waals surface area contributed by atoms with Crippen LogP contribution in [0.4, 0.5) is 5.69 Å². The lowest BCUT2D eigenvalue weighted by atomic mass is 9.70. The van der Waals surface area contributed by atoms with Crippen LogP contribution in [0.2, 0.25) is 0 Å². The topological polar surface area (TPSA) is 139 Å². The second-order valence-corrected chi connectivity index (χ2v) is 7.37. The minimum atomic E-state index is -0.654. The number of hydrogen-bond acceptors (Lipinski definition) is 7. The fourth-order valence-corrected chi connectivity index (χ4v) is 3.41. The van der Waals surface area contributed by atoms with Crippen LogP contribution in [0.3, 0.4) is 0 Å². The molecule has 0 saturated heterocycles. The zero-order valence-corrected chi connectivity index (χ0v) is 16.1. The van der Waals surface area contributed by atoms with Crippen LogP contribution in [0, 0.1) is 26.9 Å². The Morgan fingerprint density at radius 2 is 1.93 bits per heavy atom. The number of non-ortho nitro benzene ring substituents is 1. The molecule has 1 heterocycles. The maximum atomic E-state index is 12.8. The first-order valence-corrected chi connectivity index (χ1v) is 8.84. The molecule has 0 radical (unpaired) electrons. The van der Waals surface area contributed by atoms with Crippen molar-refractivity contribution in [3.05, 3.63) is 62.7 Å². The van der Waals surface area contributed by atoms with Gasteiger partial charge in [0.1, 0.15) is 17.4 Å². The summed E-state index contributed by atoms with van der Waals surface area (Å²) >= 11 is 0. The van der Waals surface area contributed by atoms with Crippen LogP contribution in [0.15, 0.2) is 47.1 Å². The lowest BCUT2D eigenvalue weighted by Gasteiger charge is -2.37. The molecule has 1 unspecified atom stereocenters. The average molecular weight is 385 g/mol. The minimum absolute atomic E-state index is 0.0184. The number of hydrogen-bond donors (Lipinski definition) is 2. The first-order valence-electron chi connectivity index (χ1n) is 8.84. The quantitative estimate of drug-likeness (QED) is 0.589. The van der Waals surface area contributed by atoms with Crippen molar-refractivity contribution in [1.82, 2.24) is 0 Å². The Morgan fingerprint density at radius 1 is 1.36 bits per heavy atom. The molecule has 1 aliphatic heterocycles. The number of ketones is 1. The van der Waals surface area contributed by atoms with Gasteiger partial charge in [0.25, 0.3) is 5.69 Å². The number of ether oxygens (including phenoxy) is 1. The van der Waals surface area contributed by atoms with Crippen molar-refractivity contribution < 1.29 is 19.6 Å². The van der Waals surface area contributed by atoms with E-state index in [-0.39, 0.29) is 34.9 Å². The molecule has 0 aromatic heterocycles. The smallest absolute Gasteiger partial charge is 0.269 e. The fraction of sp³-hybridized carbons (Fsp3) is 0.400. The zero-order valence-electron chi connectivity index (χ0n) is 16.1. The summed E-state index contributed by atoms with van der Waals surface area (Å²) in [4.78, 5) is 23.1. The lowest BCUT2D eigenvalue weighted by Crippen LogP contribution is -2.33. The van der Waals surface area contributed by atoms with Crippen molar-refractivity contribution in [2.45, 2.75) is 39.5 Å². The van der Waals surface area contributed by atoms with Crippen molar-refractivity contribution >= 4 is 11.5 Å². The van der Waals surface area contributed by atoms with Crippen molar-refractivity contribution in [2.24, 2.45) is 11.1 Å². The molecule has 1 aromatic carbocycles. The van der Waals surface area contributed by atoms with Gasteiger partial charge in [-0.15, -0.1) is 0 Å².